The molecule has 0 atom stereocenters. The molecular formula is C12H14N2O3. The molecule has 0 aliphatic rings. The van der Waals surface area contributed by atoms with Gasteiger partial charge in [-0.1, -0.05) is 0 Å². The Morgan fingerprint density at radius 2 is 0.824 bits per heavy atom. The van der Waals surface area contributed by atoms with E-state index in [4.69, 9.17) is 26.8 Å². The number of phenolic OH excluding ortho intramolecular Hbond substituents is 3. The third-order valence-corrected chi connectivity index (χ3v) is 1.82. The zero-order chi connectivity index (χ0) is 12.8. The average molecular weight is 234 g/mol. The lowest BCUT2D eigenvalue weighted by molar-refractivity contribution is 0.428. The third kappa shape index (κ3) is 4.65. The van der Waals surface area contributed by atoms with E-state index >= 15 is 0 Å². The molecule has 17 heavy (non-hydrogen) atoms. The maximum Gasteiger partial charge on any atom is 0.122 e. The summed E-state index contributed by atoms with van der Waals surface area (Å²) in [6.07, 6.45) is 0. The molecule has 7 N–H and O–H groups in total. The fourth-order valence-corrected chi connectivity index (χ4v) is 1.08. The normalized spacial score (nSPS) is 9.18. The molecule has 0 fully saturated rings. The summed E-state index contributed by atoms with van der Waals surface area (Å²) in [5, 5.41) is 26.0. The second-order valence-corrected chi connectivity index (χ2v) is 3.37. The maximum absolute atomic E-state index is 8.67. The van der Waals surface area contributed by atoms with Crippen molar-refractivity contribution in [2.75, 3.05) is 11.5 Å². The van der Waals surface area contributed by atoms with E-state index in [0.717, 1.165) is 29.6 Å². The number of rotatable bonds is 0. The summed E-state index contributed by atoms with van der Waals surface area (Å²) in [5.41, 5.74) is 12.2. The summed E-state index contributed by atoms with van der Waals surface area (Å²) in [6, 6.07) is 10.5. The van der Waals surface area contributed by atoms with Gasteiger partial charge >= 0.3 is 0 Å². The Morgan fingerprint density at radius 3 is 1.06 bits per heavy atom. The van der Waals surface area contributed by atoms with Crippen LogP contribution in [-0.4, -0.2) is 15.3 Å². The fraction of sp³-hybridized carbons (Fsp3) is 0. The van der Waals surface area contributed by atoms with E-state index in [-0.39, 0.29) is 17.2 Å². The molecule has 0 heterocycles. The summed E-state index contributed by atoms with van der Waals surface area (Å²) in [5.74, 6) is -0.437. The second-order valence-electron chi connectivity index (χ2n) is 3.37. The molecule has 0 saturated heterocycles. The van der Waals surface area contributed by atoms with Gasteiger partial charge in [0.15, 0.2) is 0 Å². The first kappa shape index (κ1) is 12.5. The van der Waals surface area contributed by atoms with Gasteiger partial charge in [0.1, 0.15) is 17.2 Å². The highest BCUT2D eigenvalue weighted by Gasteiger charge is 1.94. The summed E-state index contributed by atoms with van der Waals surface area (Å²) in [4.78, 5) is 0. The zero-order valence-electron chi connectivity index (χ0n) is 9.04. The first-order valence-electron chi connectivity index (χ1n) is 4.80. The number of aromatic hydroxyl groups is 3. The smallest absolute Gasteiger partial charge is 0.122 e. The predicted molar refractivity (Wildman–Crippen MR) is 66.7 cm³/mol. The molecule has 2 aromatic rings. The lowest BCUT2D eigenvalue weighted by Gasteiger charge is -1.94. The van der Waals surface area contributed by atoms with Gasteiger partial charge < -0.3 is 26.8 Å². The molecule has 2 aromatic carbocycles. The molecule has 0 bridgehead atoms. The Hall–Kier alpha value is -2.56. The number of nitrogen functional groups attached to an aromatic ring is 2. The zero-order valence-corrected chi connectivity index (χ0v) is 9.04. The van der Waals surface area contributed by atoms with Crippen LogP contribution >= 0.6 is 0 Å². The number of phenols is 3. The molecule has 90 valence electrons. The number of nitrogens with two attached hydrogens (primary N) is 2. The van der Waals surface area contributed by atoms with E-state index in [9.17, 15) is 0 Å². The van der Waals surface area contributed by atoms with Crippen molar-refractivity contribution in [1.82, 2.24) is 0 Å². The molecule has 0 aromatic heterocycles. The van der Waals surface area contributed by atoms with E-state index in [1.165, 1.54) is 0 Å². The highest BCUT2D eigenvalue weighted by atomic mass is 16.3. The van der Waals surface area contributed by atoms with Gasteiger partial charge in [-0.25, -0.2) is 0 Å². The Morgan fingerprint density at radius 1 is 0.588 bits per heavy atom. The highest BCUT2D eigenvalue weighted by molar-refractivity contribution is 5.47. The van der Waals surface area contributed by atoms with Crippen LogP contribution in [0.15, 0.2) is 42.5 Å². The molecule has 0 saturated carbocycles. The van der Waals surface area contributed by atoms with E-state index in [1.807, 2.05) is 0 Å². The minimum absolute atomic E-state index is 0.146. The third-order valence-electron chi connectivity index (χ3n) is 1.82. The van der Waals surface area contributed by atoms with Crippen LogP contribution in [0.2, 0.25) is 0 Å². The standard InChI is InChI=1S/C6H8N2.C6H6O3/c7-5-1-2-6(8)4-3-5;7-4-1-5(8)3-6(9)2-4/h1-4H,7-8H2;1-3,7-9H. The summed E-state index contributed by atoms with van der Waals surface area (Å²) in [6.45, 7) is 0. The van der Waals surface area contributed by atoms with Crippen molar-refractivity contribution in [1.29, 1.82) is 0 Å². The van der Waals surface area contributed by atoms with Crippen LogP contribution in [0.4, 0.5) is 11.4 Å². The summed E-state index contributed by atoms with van der Waals surface area (Å²) < 4.78 is 0. The monoisotopic (exact) mass is 234 g/mol. The molecule has 0 radical (unpaired) electrons. The van der Waals surface area contributed by atoms with Crippen LogP contribution in [0.5, 0.6) is 17.2 Å². The maximum atomic E-state index is 8.67. The van der Waals surface area contributed by atoms with Crippen molar-refractivity contribution in [2.45, 2.75) is 0 Å². The first-order chi connectivity index (χ1) is 7.97. The van der Waals surface area contributed by atoms with Gasteiger partial charge in [-0.2, -0.15) is 0 Å². The van der Waals surface area contributed by atoms with Crippen molar-refractivity contribution in [3.05, 3.63) is 42.5 Å². The van der Waals surface area contributed by atoms with Crippen molar-refractivity contribution in [3.8, 4) is 17.2 Å². The Kier molecular flexibility index (Phi) is 4.05. The molecule has 0 amide bonds. The van der Waals surface area contributed by atoms with Crippen LogP contribution in [0, 0.1) is 0 Å². The van der Waals surface area contributed by atoms with E-state index in [0.29, 0.717) is 0 Å². The van der Waals surface area contributed by atoms with Crippen molar-refractivity contribution in [2.24, 2.45) is 0 Å². The minimum Gasteiger partial charge on any atom is -0.508 e. The minimum atomic E-state index is -0.146. The van der Waals surface area contributed by atoms with E-state index < -0.39 is 0 Å². The molecule has 5 heteroatoms. The Labute approximate surface area is 98.6 Å². The molecule has 0 aliphatic heterocycles. The number of benzene rings is 2. The van der Waals surface area contributed by atoms with Gasteiger partial charge in [-0.05, 0) is 24.3 Å². The quantitative estimate of drug-likeness (QED) is 0.445. The first-order valence-corrected chi connectivity index (χ1v) is 4.80. The van der Waals surface area contributed by atoms with Gasteiger partial charge in [-0.15, -0.1) is 0 Å². The van der Waals surface area contributed by atoms with Crippen LogP contribution in [0.25, 0.3) is 0 Å². The van der Waals surface area contributed by atoms with Gasteiger partial charge in [0.25, 0.3) is 0 Å². The second kappa shape index (κ2) is 5.50. The van der Waals surface area contributed by atoms with E-state index in [2.05, 4.69) is 0 Å². The lowest BCUT2D eigenvalue weighted by Crippen LogP contribution is -1.86. The van der Waals surface area contributed by atoms with E-state index in [1.54, 1.807) is 24.3 Å². The predicted octanol–water partition coefficient (Wildman–Crippen LogP) is 1.65. The topological polar surface area (TPSA) is 113 Å². The van der Waals surface area contributed by atoms with Crippen LogP contribution in [-0.2, 0) is 0 Å². The molecule has 0 aliphatic carbocycles. The average Bonchev–Trinajstić information content (AvgIpc) is 2.21. The highest BCUT2D eigenvalue weighted by Crippen LogP contribution is 2.23. The Bertz CT molecular complexity index is 412. The molecule has 0 unspecified atom stereocenters. The van der Waals surface area contributed by atoms with Crippen molar-refractivity contribution >= 4 is 11.4 Å². The number of hydrogen-bond donors (Lipinski definition) is 5. The molecule has 2 rings (SSSR count). The van der Waals surface area contributed by atoms with Crippen molar-refractivity contribution in [3.63, 3.8) is 0 Å². The van der Waals surface area contributed by atoms with Crippen LogP contribution < -0.4 is 11.5 Å². The van der Waals surface area contributed by atoms with Crippen LogP contribution in [0.3, 0.4) is 0 Å². The largest absolute Gasteiger partial charge is 0.508 e. The van der Waals surface area contributed by atoms with Crippen LogP contribution in [0.1, 0.15) is 0 Å². The molecule has 5 nitrogen and oxygen atoms in total. The molecule has 0 spiro atoms. The number of hydrogen-bond acceptors (Lipinski definition) is 5. The van der Waals surface area contributed by atoms with Gasteiger partial charge in [0, 0.05) is 29.6 Å². The lowest BCUT2D eigenvalue weighted by atomic mass is 10.3. The van der Waals surface area contributed by atoms with Gasteiger partial charge in [0.05, 0.1) is 0 Å². The summed E-state index contributed by atoms with van der Waals surface area (Å²) in [7, 11) is 0. The number of anilines is 2. The fourth-order valence-electron chi connectivity index (χ4n) is 1.08. The SMILES string of the molecule is Nc1ccc(N)cc1.Oc1cc(O)cc(O)c1. The molecular weight excluding hydrogens is 220 g/mol. The van der Waals surface area contributed by atoms with Gasteiger partial charge in [-0.3, -0.25) is 0 Å². The summed E-state index contributed by atoms with van der Waals surface area (Å²) >= 11 is 0. The Balaban J connectivity index is 0.000000171. The van der Waals surface area contributed by atoms with Gasteiger partial charge in [0.2, 0.25) is 0 Å². The van der Waals surface area contributed by atoms with Crippen molar-refractivity contribution < 1.29 is 15.3 Å².